The number of hydrogen-bond donors (Lipinski definition) is 1. The predicted molar refractivity (Wildman–Crippen MR) is 124 cm³/mol. The standard InChI is InChI=1S/C24H36N4O3/c1-6-12-28-17(2)22(20-16-19(31-5)7-8-21(20)28)24(30)27-13-9-18(10-14-27)23(29)25-11-15-26(3)4/h7-8,16,18H,6,9-15H2,1-5H3,(H,25,29). The lowest BCUT2D eigenvalue weighted by molar-refractivity contribution is -0.126. The fraction of sp³-hybridized carbons (Fsp3) is 0.583. The molecule has 1 aliphatic heterocycles. The monoisotopic (exact) mass is 428 g/mol. The molecular weight excluding hydrogens is 392 g/mol. The van der Waals surface area contributed by atoms with Crippen LogP contribution in [0, 0.1) is 12.8 Å². The van der Waals surface area contributed by atoms with E-state index >= 15 is 0 Å². The molecule has 0 aliphatic carbocycles. The molecule has 1 fully saturated rings. The molecule has 170 valence electrons. The molecule has 1 aromatic heterocycles. The molecule has 3 rings (SSSR count). The van der Waals surface area contributed by atoms with Gasteiger partial charge in [0.15, 0.2) is 0 Å². The number of amides is 2. The highest BCUT2D eigenvalue weighted by atomic mass is 16.5. The SMILES string of the molecule is CCCn1c(C)c(C(=O)N2CCC(C(=O)NCCN(C)C)CC2)c2cc(OC)ccc21. The lowest BCUT2D eigenvalue weighted by atomic mass is 9.95. The summed E-state index contributed by atoms with van der Waals surface area (Å²) in [6.45, 7) is 7.74. The number of nitrogens with one attached hydrogen (secondary N) is 1. The molecule has 0 atom stereocenters. The van der Waals surface area contributed by atoms with Crippen LogP contribution in [-0.4, -0.2) is 73.6 Å². The van der Waals surface area contributed by atoms with E-state index in [1.807, 2.05) is 49.0 Å². The number of likely N-dealkylation sites (tertiary alicyclic amines) is 1. The van der Waals surface area contributed by atoms with Gasteiger partial charge in [-0.1, -0.05) is 6.92 Å². The molecule has 7 heteroatoms. The van der Waals surface area contributed by atoms with E-state index in [9.17, 15) is 9.59 Å². The Morgan fingerprint density at radius 1 is 1.23 bits per heavy atom. The molecule has 0 saturated carbocycles. The molecule has 0 bridgehead atoms. The Morgan fingerprint density at radius 2 is 1.94 bits per heavy atom. The molecule has 0 radical (unpaired) electrons. The molecule has 31 heavy (non-hydrogen) atoms. The van der Waals surface area contributed by atoms with Crippen molar-refractivity contribution in [1.29, 1.82) is 0 Å². The fourth-order valence-electron chi connectivity index (χ4n) is 4.42. The second-order valence-corrected chi connectivity index (χ2v) is 8.66. The minimum atomic E-state index is -0.0196. The topological polar surface area (TPSA) is 66.8 Å². The molecule has 1 aliphatic rings. The minimum absolute atomic E-state index is 0.0196. The van der Waals surface area contributed by atoms with E-state index in [4.69, 9.17) is 4.74 Å². The minimum Gasteiger partial charge on any atom is -0.497 e. The second-order valence-electron chi connectivity index (χ2n) is 8.66. The number of benzene rings is 1. The van der Waals surface area contributed by atoms with E-state index < -0.39 is 0 Å². The van der Waals surface area contributed by atoms with Gasteiger partial charge in [0.2, 0.25) is 5.91 Å². The Labute approximate surface area is 185 Å². The predicted octanol–water partition coefficient (Wildman–Crippen LogP) is 2.90. The molecule has 2 aromatic rings. The fourth-order valence-corrected chi connectivity index (χ4v) is 4.42. The largest absolute Gasteiger partial charge is 0.497 e. The molecule has 2 heterocycles. The summed E-state index contributed by atoms with van der Waals surface area (Å²) >= 11 is 0. The van der Waals surface area contributed by atoms with Gasteiger partial charge in [-0.3, -0.25) is 9.59 Å². The highest BCUT2D eigenvalue weighted by Gasteiger charge is 2.30. The van der Waals surface area contributed by atoms with Crippen molar-refractivity contribution in [3.63, 3.8) is 0 Å². The maximum atomic E-state index is 13.5. The summed E-state index contributed by atoms with van der Waals surface area (Å²) in [5.74, 6) is 0.892. The van der Waals surface area contributed by atoms with Gasteiger partial charge >= 0.3 is 0 Å². The summed E-state index contributed by atoms with van der Waals surface area (Å²) in [5, 5.41) is 3.96. The molecule has 1 N–H and O–H groups in total. The Kier molecular flexibility index (Phi) is 7.59. The van der Waals surface area contributed by atoms with Crippen molar-refractivity contribution >= 4 is 22.7 Å². The number of aryl methyl sites for hydroxylation is 1. The number of piperidine rings is 1. The molecule has 1 saturated heterocycles. The van der Waals surface area contributed by atoms with Crippen LogP contribution in [0.3, 0.4) is 0 Å². The number of rotatable bonds is 8. The first-order valence-corrected chi connectivity index (χ1v) is 11.3. The maximum absolute atomic E-state index is 13.5. The first kappa shape index (κ1) is 23.1. The first-order valence-electron chi connectivity index (χ1n) is 11.3. The third-order valence-corrected chi connectivity index (χ3v) is 6.20. The first-order chi connectivity index (χ1) is 14.9. The summed E-state index contributed by atoms with van der Waals surface area (Å²) in [6, 6.07) is 5.95. The highest BCUT2D eigenvalue weighted by molar-refractivity contribution is 6.08. The van der Waals surface area contributed by atoms with Gasteiger partial charge in [0.05, 0.1) is 12.7 Å². The molecule has 0 unspecified atom stereocenters. The average Bonchev–Trinajstić information content (AvgIpc) is 3.04. The van der Waals surface area contributed by atoms with E-state index in [1.165, 1.54) is 0 Å². The van der Waals surface area contributed by atoms with E-state index in [0.29, 0.717) is 32.5 Å². The Bertz CT molecular complexity index is 927. The second kappa shape index (κ2) is 10.2. The quantitative estimate of drug-likeness (QED) is 0.702. The van der Waals surface area contributed by atoms with Crippen molar-refractivity contribution in [1.82, 2.24) is 19.7 Å². The Hall–Kier alpha value is -2.54. The van der Waals surface area contributed by atoms with Gasteiger partial charge in [-0.2, -0.15) is 0 Å². The van der Waals surface area contributed by atoms with Crippen molar-refractivity contribution in [2.45, 2.75) is 39.7 Å². The van der Waals surface area contributed by atoms with Crippen molar-refractivity contribution in [3.05, 3.63) is 29.5 Å². The van der Waals surface area contributed by atoms with Gasteiger partial charge in [-0.15, -0.1) is 0 Å². The number of ether oxygens (including phenoxy) is 1. The molecule has 1 aromatic carbocycles. The van der Waals surface area contributed by atoms with E-state index in [0.717, 1.165) is 47.4 Å². The van der Waals surface area contributed by atoms with Crippen molar-refractivity contribution in [3.8, 4) is 5.75 Å². The summed E-state index contributed by atoms with van der Waals surface area (Å²) in [7, 11) is 5.63. The zero-order valence-corrected chi connectivity index (χ0v) is 19.5. The number of likely N-dealkylation sites (N-methyl/N-ethyl adjacent to an activating group) is 1. The van der Waals surface area contributed by atoms with Crippen LogP contribution in [0.1, 0.15) is 42.2 Å². The number of carbonyl (C=O) groups is 2. The number of fused-ring (bicyclic) bond motifs is 1. The maximum Gasteiger partial charge on any atom is 0.256 e. The zero-order valence-electron chi connectivity index (χ0n) is 19.5. The van der Waals surface area contributed by atoms with Gasteiger partial charge in [0.25, 0.3) is 5.91 Å². The zero-order chi connectivity index (χ0) is 22.5. The molecule has 7 nitrogen and oxygen atoms in total. The number of nitrogens with zero attached hydrogens (tertiary/aromatic N) is 3. The van der Waals surface area contributed by atoms with Gasteiger partial charge in [0.1, 0.15) is 5.75 Å². The molecule has 0 spiro atoms. The summed E-state index contributed by atoms with van der Waals surface area (Å²) in [4.78, 5) is 29.9. The lowest BCUT2D eigenvalue weighted by Gasteiger charge is -2.31. The highest BCUT2D eigenvalue weighted by Crippen LogP contribution is 2.31. The van der Waals surface area contributed by atoms with Crippen LogP contribution >= 0.6 is 0 Å². The third kappa shape index (κ3) is 5.03. The van der Waals surface area contributed by atoms with Crippen molar-refractivity contribution in [2.24, 2.45) is 5.92 Å². The summed E-state index contributed by atoms with van der Waals surface area (Å²) < 4.78 is 7.65. The van der Waals surface area contributed by atoms with Gasteiger partial charge in [-0.05, 0) is 58.5 Å². The normalized spacial score (nSPS) is 15.0. The smallest absolute Gasteiger partial charge is 0.256 e. The van der Waals surface area contributed by atoms with Crippen LogP contribution in [0.15, 0.2) is 18.2 Å². The average molecular weight is 429 g/mol. The van der Waals surface area contributed by atoms with Gasteiger partial charge < -0.3 is 24.4 Å². The number of aromatic nitrogens is 1. The number of methoxy groups -OCH3 is 1. The number of carbonyl (C=O) groups excluding carboxylic acids is 2. The van der Waals surface area contributed by atoms with Crippen LogP contribution < -0.4 is 10.1 Å². The van der Waals surface area contributed by atoms with E-state index in [2.05, 4.69) is 16.8 Å². The lowest BCUT2D eigenvalue weighted by Crippen LogP contribution is -2.44. The summed E-state index contributed by atoms with van der Waals surface area (Å²) in [6.07, 6.45) is 2.41. The van der Waals surface area contributed by atoms with Crippen LogP contribution in [0.2, 0.25) is 0 Å². The van der Waals surface area contributed by atoms with Crippen LogP contribution in [0.4, 0.5) is 0 Å². The van der Waals surface area contributed by atoms with Crippen molar-refractivity contribution in [2.75, 3.05) is 47.4 Å². The number of hydrogen-bond acceptors (Lipinski definition) is 4. The third-order valence-electron chi connectivity index (χ3n) is 6.20. The summed E-state index contributed by atoms with van der Waals surface area (Å²) in [5.41, 5.74) is 2.83. The van der Waals surface area contributed by atoms with Crippen LogP contribution in [0.5, 0.6) is 5.75 Å². The van der Waals surface area contributed by atoms with Gasteiger partial charge in [-0.25, -0.2) is 0 Å². The van der Waals surface area contributed by atoms with E-state index in [1.54, 1.807) is 7.11 Å². The Balaban J connectivity index is 1.75. The van der Waals surface area contributed by atoms with Crippen LogP contribution in [0.25, 0.3) is 10.9 Å². The van der Waals surface area contributed by atoms with Crippen molar-refractivity contribution < 1.29 is 14.3 Å². The van der Waals surface area contributed by atoms with Gasteiger partial charge in [0, 0.05) is 55.2 Å². The van der Waals surface area contributed by atoms with Crippen LogP contribution in [-0.2, 0) is 11.3 Å². The van der Waals surface area contributed by atoms with E-state index in [-0.39, 0.29) is 17.7 Å². The molecular formula is C24H36N4O3. The Morgan fingerprint density at radius 3 is 2.55 bits per heavy atom. The molecule has 2 amide bonds.